The van der Waals surface area contributed by atoms with Crippen LogP contribution in [0, 0.1) is 5.92 Å². The van der Waals surface area contributed by atoms with Crippen LogP contribution >= 0.6 is 0 Å². The molecule has 1 aliphatic rings. The highest BCUT2D eigenvalue weighted by Crippen LogP contribution is 2.32. The molecule has 0 saturated heterocycles. The third kappa shape index (κ3) is 1.40. The first-order valence-electron chi connectivity index (χ1n) is 4.71. The van der Waals surface area contributed by atoms with Crippen LogP contribution in [0.25, 0.3) is 6.08 Å². The van der Waals surface area contributed by atoms with Crippen molar-refractivity contribution in [2.24, 2.45) is 5.92 Å². The predicted molar refractivity (Wildman–Crippen MR) is 54.5 cm³/mol. The summed E-state index contributed by atoms with van der Waals surface area (Å²) in [6.07, 6.45) is 4.31. The maximum absolute atomic E-state index is 9.27. The van der Waals surface area contributed by atoms with E-state index in [1.54, 1.807) is 0 Å². The van der Waals surface area contributed by atoms with E-state index >= 15 is 0 Å². The summed E-state index contributed by atoms with van der Waals surface area (Å²) < 4.78 is 0. The maximum Gasteiger partial charge on any atom is 0.0505 e. The molecule has 1 nitrogen and oxygen atoms in total. The molecule has 0 heterocycles. The van der Waals surface area contributed by atoms with Crippen LogP contribution in [0.3, 0.4) is 0 Å². The number of allylic oxidation sites excluding steroid dienone is 1. The molecule has 0 aliphatic heterocycles. The second-order valence-corrected chi connectivity index (χ2v) is 3.64. The van der Waals surface area contributed by atoms with Crippen LogP contribution in [0.2, 0.25) is 0 Å². The summed E-state index contributed by atoms with van der Waals surface area (Å²) in [6.45, 7) is 2.38. The molecule has 0 spiro atoms. The van der Waals surface area contributed by atoms with Crippen molar-refractivity contribution in [2.75, 3.05) is 6.61 Å². The fourth-order valence-electron chi connectivity index (χ4n) is 1.94. The summed E-state index contributed by atoms with van der Waals surface area (Å²) >= 11 is 0. The number of aliphatic hydroxyl groups is 1. The molecule has 2 unspecified atom stereocenters. The summed E-state index contributed by atoms with van der Waals surface area (Å²) in [5.41, 5.74) is 2.53. The number of hydrogen-bond donors (Lipinski definition) is 1. The molecule has 1 aromatic rings. The lowest BCUT2D eigenvalue weighted by molar-refractivity contribution is 0.244. The first kappa shape index (κ1) is 8.52. The summed E-state index contributed by atoms with van der Waals surface area (Å²) in [6, 6.07) is 8.28. The molecular weight excluding hydrogens is 160 g/mol. The third-order valence-corrected chi connectivity index (χ3v) is 2.81. The topological polar surface area (TPSA) is 20.2 Å². The average Bonchev–Trinajstić information content (AvgIpc) is 2.18. The number of benzene rings is 1. The van der Waals surface area contributed by atoms with E-state index in [1.807, 2.05) is 12.1 Å². The van der Waals surface area contributed by atoms with Crippen LogP contribution < -0.4 is 0 Å². The van der Waals surface area contributed by atoms with Crippen LogP contribution in [0.4, 0.5) is 0 Å². The van der Waals surface area contributed by atoms with Gasteiger partial charge in [0, 0.05) is 5.92 Å². The van der Waals surface area contributed by atoms with E-state index in [4.69, 9.17) is 0 Å². The van der Waals surface area contributed by atoms with Crippen molar-refractivity contribution < 1.29 is 5.11 Å². The fourth-order valence-corrected chi connectivity index (χ4v) is 1.94. The van der Waals surface area contributed by atoms with Gasteiger partial charge in [0.1, 0.15) is 0 Å². The van der Waals surface area contributed by atoms with Crippen LogP contribution in [0.1, 0.15) is 24.0 Å². The van der Waals surface area contributed by atoms with Gasteiger partial charge < -0.3 is 5.11 Å². The molecule has 0 fully saturated rings. The Balaban J connectivity index is 2.47. The Morgan fingerprint density at radius 1 is 1.31 bits per heavy atom. The van der Waals surface area contributed by atoms with E-state index in [0.717, 1.165) is 0 Å². The first-order chi connectivity index (χ1) is 6.33. The van der Waals surface area contributed by atoms with E-state index in [0.29, 0.717) is 5.92 Å². The van der Waals surface area contributed by atoms with Crippen molar-refractivity contribution in [3.8, 4) is 0 Å². The Hall–Kier alpha value is -1.08. The van der Waals surface area contributed by atoms with E-state index < -0.39 is 0 Å². The Bertz CT molecular complexity index is 328. The Morgan fingerprint density at radius 2 is 2.08 bits per heavy atom. The summed E-state index contributed by atoms with van der Waals surface area (Å²) in [7, 11) is 0. The molecule has 0 saturated carbocycles. The normalized spacial score (nSPS) is 25.7. The monoisotopic (exact) mass is 174 g/mol. The van der Waals surface area contributed by atoms with Gasteiger partial charge in [-0.1, -0.05) is 43.3 Å². The van der Waals surface area contributed by atoms with Crippen molar-refractivity contribution in [1.82, 2.24) is 0 Å². The highest BCUT2D eigenvalue weighted by atomic mass is 16.3. The van der Waals surface area contributed by atoms with E-state index in [2.05, 4.69) is 31.2 Å². The minimum Gasteiger partial charge on any atom is -0.396 e. The van der Waals surface area contributed by atoms with Gasteiger partial charge in [-0.25, -0.2) is 0 Å². The predicted octanol–water partition coefficient (Wildman–Crippen LogP) is 2.43. The Labute approximate surface area is 78.7 Å². The molecule has 0 amide bonds. The van der Waals surface area contributed by atoms with Crippen LogP contribution in [0.5, 0.6) is 0 Å². The van der Waals surface area contributed by atoms with Gasteiger partial charge in [-0.2, -0.15) is 0 Å². The van der Waals surface area contributed by atoms with Crippen molar-refractivity contribution in [2.45, 2.75) is 12.8 Å². The molecule has 13 heavy (non-hydrogen) atoms. The van der Waals surface area contributed by atoms with Gasteiger partial charge in [-0.3, -0.25) is 0 Å². The van der Waals surface area contributed by atoms with Crippen molar-refractivity contribution in [3.63, 3.8) is 0 Å². The second-order valence-electron chi connectivity index (χ2n) is 3.64. The van der Waals surface area contributed by atoms with Gasteiger partial charge in [-0.15, -0.1) is 0 Å². The molecule has 1 heteroatoms. The molecular formula is C12H14O. The standard InChI is InChI=1S/C12H14O/c1-9-6-7-10-4-2-3-5-11(10)12(9)8-13/h2-7,9,12-13H,8H2,1H3. The van der Waals surface area contributed by atoms with Crippen molar-refractivity contribution in [3.05, 3.63) is 41.5 Å². The number of hydrogen-bond acceptors (Lipinski definition) is 1. The van der Waals surface area contributed by atoms with Crippen molar-refractivity contribution >= 4 is 6.08 Å². The Morgan fingerprint density at radius 3 is 2.85 bits per heavy atom. The molecule has 0 bridgehead atoms. The SMILES string of the molecule is CC1C=Cc2ccccc2C1CO. The van der Waals surface area contributed by atoms with E-state index in [9.17, 15) is 5.11 Å². The lowest BCUT2D eigenvalue weighted by Gasteiger charge is -2.25. The lowest BCUT2D eigenvalue weighted by Crippen LogP contribution is -2.16. The van der Waals surface area contributed by atoms with E-state index in [-0.39, 0.29) is 12.5 Å². The lowest BCUT2D eigenvalue weighted by atomic mass is 9.81. The zero-order valence-corrected chi connectivity index (χ0v) is 7.77. The van der Waals surface area contributed by atoms with E-state index in [1.165, 1.54) is 11.1 Å². The zero-order chi connectivity index (χ0) is 9.26. The smallest absolute Gasteiger partial charge is 0.0505 e. The van der Waals surface area contributed by atoms with Crippen LogP contribution in [-0.2, 0) is 0 Å². The Kier molecular flexibility index (Phi) is 2.19. The zero-order valence-electron chi connectivity index (χ0n) is 7.77. The number of fused-ring (bicyclic) bond motifs is 1. The summed E-state index contributed by atoms with van der Waals surface area (Å²) in [5.74, 6) is 0.723. The van der Waals surface area contributed by atoms with Gasteiger partial charge >= 0.3 is 0 Å². The first-order valence-corrected chi connectivity index (χ1v) is 4.71. The summed E-state index contributed by atoms with van der Waals surface area (Å²) in [5, 5.41) is 9.27. The minimum absolute atomic E-state index is 0.239. The molecule has 0 aromatic heterocycles. The number of rotatable bonds is 1. The van der Waals surface area contributed by atoms with Gasteiger partial charge in [0.15, 0.2) is 0 Å². The van der Waals surface area contributed by atoms with Gasteiger partial charge in [0.25, 0.3) is 0 Å². The average molecular weight is 174 g/mol. The highest BCUT2D eigenvalue weighted by Gasteiger charge is 2.21. The van der Waals surface area contributed by atoms with Gasteiger partial charge in [0.2, 0.25) is 0 Å². The molecule has 2 atom stereocenters. The molecule has 1 aromatic carbocycles. The minimum atomic E-state index is 0.239. The molecule has 1 N–H and O–H groups in total. The highest BCUT2D eigenvalue weighted by molar-refractivity contribution is 5.58. The quantitative estimate of drug-likeness (QED) is 0.693. The maximum atomic E-state index is 9.27. The number of aliphatic hydroxyl groups excluding tert-OH is 1. The van der Waals surface area contributed by atoms with Gasteiger partial charge in [-0.05, 0) is 17.0 Å². The van der Waals surface area contributed by atoms with Crippen LogP contribution in [-0.4, -0.2) is 11.7 Å². The molecule has 2 rings (SSSR count). The second kappa shape index (κ2) is 3.35. The molecule has 68 valence electrons. The van der Waals surface area contributed by atoms with Gasteiger partial charge in [0.05, 0.1) is 6.61 Å². The van der Waals surface area contributed by atoms with Crippen molar-refractivity contribution in [1.29, 1.82) is 0 Å². The largest absolute Gasteiger partial charge is 0.396 e. The van der Waals surface area contributed by atoms with Crippen LogP contribution in [0.15, 0.2) is 30.3 Å². The summed E-state index contributed by atoms with van der Waals surface area (Å²) in [4.78, 5) is 0. The third-order valence-electron chi connectivity index (χ3n) is 2.81. The fraction of sp³-hybridized carbons (Fsp3) is 0.333. The molecule has 0 radical (unpaired) electrons. The molecule has 1 aliphatic carbocycles.